The molecule has 1 atom stereocenters. The fourth-order valence-electron chi connectivity index (χ4n) is 1.77. The average molecular weight is 276 g/mol. The molecule has 0 spiro atoms. The van der Waals surface area contributed by atoms with Crippen LogP contribution in [0.3, 0.4) is 0 Å². The minimum atomic E-state index is -0.205. The van der Waals surface area contributed by atoms with E-state index < -0.39 is 0 Å². The van der Waals surface area contributed by atoms with Gasteiger partial charge in [0.1, 0.15) is 18.0 Å². The summed E-state index contributed by atoms with van der Waals surface area (Å²) in [5.74, 6) is 0.479. The number of benzene rings is 1. The Bertz CT molecular complexity index is 440. The van der Waals surface area contributed by atoms with Gasteiger partial charge in [0.05, 0.1) is 5.92 Å². The molecule has 0 aliphatic heterocycles. The molecule has 0 heterocycles. The summed E-state index contributed by atoms with van der Waals surface area (Å²) in [6, 6.07) is 7.83. The molecule has 0 N–H and O–H groups in total. The van der Waals surface area contributed by atoms with E-state index in [2.05, 4.69) is 6.58 Å². The Morgan fingerprint density at radius 3 is 2.40 bits per heavy atom. The van der Waals surface area contributed by atoms with Crippen molar-refractivity contribution >= 4 is 5.97 Å². The van der Waals surface area contributed by atoms with Gasteiger partial charge in [-0.05, 0) is 44.9 Å². The zero-order chi connectivity index (χ0) is 15.2. The van der Waals surface area contributed by atoms with Crippen LogP contribution >= 0.6 is 0 Å². The summed E-state index contributed by atoms with van der Waals surface area (Å²) in [5, 5.41) is 0. The molecule has 3 heteroatoms. The van der Waals surface area contributed by atoms with Crippen LogP contribution in [0, 0.1) is 5.92 Å². The monoisotopic (exact) mass is 276 g/mol. The van der Waals surface area contributed by atoms with Gasteiger partial charge in [0.2, 0.25) is 0 Å². The van der Waals surface area contributed by atoms with Gasteiger partial charge < -0.3 is 9.47 Å². The quantitative estimate of drug-likeness (QED) is 0.586. The van der Waals surface area contributed by atoms with Crippen molar-refractivity contribution in [2.45, 2.75) is 39.7 Å². The van der Waals surface area contributed by atoms with E-state index in [0.29, 0.717) is 6.42 Å². The normalized spacial score (nSPS) is 12.6. The number of ether oxygens (including phenoxy) is 2. The number of esters is 1. The minimum absolute atomic E-state index is 0.163. The van der Waals surface area contributed by atoms with Crippen molar-refractivity contribution in [3.8, 4) is 5.75 Å². The van der Waals surface area contributed by atoms with Crippen molar-refractivity contribution in [1.29, 1.82) is 0 Å². The van der Waals surface area contributed by atoms with Crippen LogP contribution in [0.25, 0.3) is 0 Å². The van der Waals surface area contributed by atoms with Crippen LogP contribution in [-0.2, 0) is 16.0 Å². The Labute approximate surface area is 121 Å². The molecule has 20 heavy (non-hydrogen) atoms. The number of rotatable bonds is 6. The number of carbonyl (C=O) groups is 1. The third kappa shape index (κ3) is 5.91. The minimum Gasteiger partial charge on any atom is -0.488 e. The average Bonchev–Trinajstić information content (AvgIpc) is 2.36. The summed E-state index contributed by atoms with van der Waals surface area (Å²) < 4.78 is 10.8. The summed E-state index contributed by atoms with van der Waals surface area (Å²) in [4.78, 5) is 11.7. The van der Waals surface area contributed by atoms with E-state index in [4.69, 9.17) is 9.47 Å². The predicted molar refractivity (Wildman–Crippen MR) is 80.8 cm³/mol. The highest BCUT2D eigenvalue weighted by molar-refractivity contribution is 5.72. The van der Waals surface area contributed by atoms with Crippen LogP contribution in [0.5, 0.6) is 5.75 Å². The molecule has 0 aliphatic carbocycles. The molecule has 1 aromatic carbocycles. The SMILES string of the molecule is C=CCOC(=O)[C@@H](C)Cc1ccc(OC(C)(C)C)cc1. The molecule has 0 saturated heterocycles. The van der Waals surface area contributed by atoms with E-state index in [-0.39, 0.29) is 24.1 Å². The summed E-state index contributed by atoms with van der Waals surface area (Å²) in [7, 11) is 0. The molecule has 110 valence electrons. The van der Waals surface area contributed by atoms with Crippen molar-refractivity contribution in [3.63, 3.8) is 0 Å². The fraction of sp³-hybridized carbons (Fsp3) is 0.471. The van der Waals surface area contributed by atoms with E-state index in [9.17, 15) is 4.79 Å². The largest absolute Gasteiger partial charge is 0.488 e. The van der Waals surface area contributed by atoms with E-state index in [1.54, 1.807) is 6.08 Å². The Kier molecular flexibility index (Phi) is 5.81. The second-order valence-electron chi connectivity index (χ2n) is 5.88. The fourth-order valence-corrected chi connectivity index (χ4v) is 1.77. The Balaban J connectivity index is 2.56. The first kappa shape index (κ1) is 16.3. The van der Waals surface area contributed by atoms with Crippen molar-refractivity contribution in [2.24, 2.45) is 5.92 Å². The maximum absolute atomic E-state index is 11.7. The lowest BCUT2D eigenvalue weighted by Gasteiger charge is -2.21. The van der Waals surface area contributed by atoms with Gasteiger partial charge in [-0.1, -0.05) is 31.7 Å². The highest BCUT2D eigenvalue weighted by Gasteiger charge is 2.15. The summed E-state index contributed by atoms with van der Waals surface area (Å²) >= 11 is 0. The Morgan fingerprint density at radius 2 is 1.90 bits per heavy atom. The van der Waals surface area contributed by atoms with Gasteiger partial charge in [-0.25, -0.2) is 0 Å². The lowest BCUT2D eigenvalue weighted by atomic mass is 10.0. The predicted octanol–water partition coefficient (Wildman–Crippen LogP) is 3.77. The molecular weight excluding hydrogens is 252 g/mol. The molecule has 0 aliphatic rings. The van der Waals surface area contributed by atoms with Crippen molar-refractivity contribution in [1.82, 2.24) is 0 Å². The molecule has 0 fully saturated rings. The second kappa shape index (κ2) is 7.13. The van der Waals surface area contributed by atoms with Crippen LogP contribution in [0.15, 0.2) is 36.9 Å². The van der Waals surface area contributed by atoms with Crippen LogP contribution in [0.1, 0.15) is 33.3 Å². The molecule has 3 nitrogen and oxygen atoms in total. The summed E-state index contributed by atoms with van der Waals surface area (Å²) in [6.45, 7) is 11.7. The topological polar surface area (TPSA) is 35.5 Å². The Morgan fingerprint density at radius 1 is 1.30 bits per heavy atom. The number of carbonyl (C=O) groups excluding carboxylic acids is 1. The highest BCUT2D eigenvalue weighted by Crippen LogP contribution is 2.20. The van der Waals surface area contributed by atoms with Gasteiger partial charge >= 0.3 is 5.97 Å². The first-order chi connectivity index (χ1) is 9.31. The van der Waals surface area contributed by atoms with Crippen LogP contribution < -0.4 is 4.74 Å². The first-order valence-electron chi connectivity index (χ1n) is 6.87. The van der Waals surface area contributed by atoms with Gasteiger partial charge in [-0.15, -0.1) is 0 Å². The molecule has 0 unspecified atom stereocenters. The van der Waals surface area contributed by atoms with E-state index >= 15 is 0 Å². The van der Waals surface area contributed by atoms with Crippen LogP contribution in [0.4, 0.5) is 0 Å². The summed E-state index contributed by atoms with van der Waals surface area (Å²) in [6.07, 6.45) is 2.23. The third-order valence-electron chi connectivity index (χ3n) is 2.64. The van der Waals surface area contributed by atoms with Gasteiger partial charge in [0, 0.05) is 0 Å². The van der Waals surface area contributed by atoms with Gasteiger partial charge in [0.15, 0.2) is 0 Å². The zero-order valence-corrected chi connectivity index (χ0v) is 12.8. The molecular formula is C17H24O3. The molecule has 0 bridgehead atoms. The van der Waals surface area contributed by atoms with Crippen LogP contribution in [-0.4, -0.2) is 18.2 Å². The number of hydrogen-bond donors (Lipinski definition) is 0. The van der Waals surface area contributed by atoms with Crippen molar-refractivity contribution in [3.05, 3.63) is 42.5 Å². The van der Waals surface area contributed by atoms with E-state index in [0.717, 1.165) is 11.3 Å². The van der Waals surface area contributed by atoms with Crippen molar-refractivity contribution < 1.29 is 14.3 Å². The van der Waals surface area contributed by atoms with E-state index in [1.165, 1.54) is 0 Å². The van der Waals surface area contributed by atoms with Crippen LogP contribution in [0.2, 0.25) is 0 Å². The second-order valence-corrected chi connectivity index (χ2v) is 5.88. The summed E-state index contributed by atoms with van der Waals surface area (Å²) in [5.41, 5.74) is 0.887. The maximum Gasteiger partial charge on any atom is 0.309 e. The van der Waals surface area contributed by atoms with E-state index in [1.807, 2.05) is 52.0 Å². The molecule has 1 aromatic rings. The Hall–Kier alpha value is -1.77. The lowest BCUT2D eigenvalue weighted by molar-refractivity contribution is -0.146. The first-order valence-corrected chi connectivity index (χ1v) is 6.87. The maximum atomic E-state index is 11.7. The molecule has 0 saturated carbocycles. The smallest absolute Gasteiger partial charge is 0.309 e. The standard InChI is InChI=1S/C17H24O3/c1-6-11-19-16(18)13(2)12-14-7-9-15(10-8-14)20-17(3,4)5/h6-10,13H,1,11-12H2,2-5H3/t13-/m0/s1. The zero-order valence-electron chi connectivity index (χ0n) is 12.8. The third-order valence-corrected chi connectivity index (χ3v) is 2.64. The molecule has 1 rings (SSSR count). The van der Waals surface area contributed by atoms with Gasteiger partial charge in [-0.3, -0.25) is 4.79 Å². The lowest BCUT2D eigenvalue weighted by Crippen LogP contribution is -2.22. The molecule has 0 aromatic heterocycles. The molecule has 0 radical (unpaired) electrons. The van der Waals surface area contributed by atoms with Gasteiger partial charge in [-0.2, -0.15) is 0 Å². The van der Waals surface area contributed by atoms with Gasteiger partial charge in [0.25, 0.3) is 0 Å². The highest BCUT2D eigenvalue weighted by atomic mass is 16.5. The number of hydrogen-bond acceptors (Lipinski definition) is 3. The molecule has 0 amide bonds. The van der Waals surface area contributed by atoms with Crippen molar-refractivity contribution in [2.75, 3.05) is 6.61 Å².